The number of hydrogen-bond donors (Lipinski definition) is 4. The lowest BCUT2D eigenvalue weighted by Gasteiger charge is -2.20. The molecule has 2 aliphatic rings. The summed E-state index contributed by atoms with van der Waals surface area (Å²) in [5, 5.41) is 27.1. The molecule has 1 aliphatic heterocycles. The molecular weight excluding hydrogens is 410 g/mol. The highest BCUT2D eigenvalue weighted by Gasteiger charge is 2.32. The lowest BCUT2D eigenvalue weighted by atomic mass is 10.00. The largest absolute Gasteiger partial charge is 0.421 e. The molecule has 3 aromatic rings. The molecule has 1 unspecified atom stereocenters. The van der Waals surface area contributed by atoms with Crippen molar-refractivity contribution in [2.75, 3.05) is 23.8 Å². The molecule has 1 aromatic carbocycles. The van der Waals surface area contributed by atoms with Gasteiger partial charge in [-0.2, -0.15) is 4.98 Å². The van der Waals surface area contributed by atoms with E-state index in [1.807, 2.05) is 18.2 Å². The molecule has 10 nitrogen and oxygen atoms in total. The average molecular weight is 435 g/mol. The molecule has 1 atom stereocenters. The van der Waals surface area contributed by atoms with Crippen LogP contribution in [0, 0.1) is 12.8 Å². The van der Waals surface area contributed by atoms with Crippen LogP contribution in [0.3, 0.4) is 0 Å². The first-order chi connectivity index (χ1) is 15.6. The van der Waals surface area contributed by atoms with Crippen molar-refractivity contribution in [3.63, 3.8) is 0 Å². The van der Waals surface area contributed by atoms with Crippen molar-refractivity contribution >= 4 is 23.4 Å². The van der Waals surface area contributed by atoms with E-state index in [-0.39, 0.29) is 18.6 Å². The Bertz CT molecular complexity index is 1140. The van der Waals surface area contributed by atoms with Crippen molar-refractivity contribution in [2.24, 2.45) is 5.92 Å². The Hall–Kier alpha value is -3.53. The van der Waals surface area contributed by atoms with E-state index in [1.165, 1.54) is 0 Å². The van der Waals surface area contributed by atoms with Gasteiger partial charge in [0.1, 0.15) is 5.82 Å². The van der Waals surface area contributed by atoms with Gasteiger partial charge in [0.05, 0.1) is 5.56 Å². The Balaban J connectivity index is 1.45. The molecule has 1 saturated carbocycles. The van der Waals surface area contributed by atoms with Gasteiger partial charge in [0.2, 0.25) is 11.8 Å². The normalized spacial score (nSPS) is 16.2. The molecule has 166 valence electrons. The summed E-state index contributed by atoms with van der Waals surface area (Å²) in [5.74, 6) is 2.25. The molecular formula is C22H25N7O3. The maximum absolute atomic E-state index is 12.0. The first-order valence-electron chi connectivity index (χ1n) is 10.8. The fourth-order valence-corrected chi connectivity index (χ4v) is 3.99. The third-order valence-electron chi connectivity index (χ3n) is 5.78. The summed E-state index contributed by atoms with van der Waals surface area (Å²) in [7, 11) is 0. The standard InChI is InChI=1S/C22H25N7O3/c1-12-28-29-21(32-12)17-11-24-22(27-19(17)26-18(7-9-30)13-2-3-13)25-15-4-5-16-14(10-15)6-8-23-20(16)31/h4-5,10-11,13,18,30H,2-3,6-9H2,1H3,(H,23,31)(H2,24,25,26,27). The second-order valence-corrected chi connectivity index (χ2v) is 8.19. The van der Waals surface area contributed by atoms with Gasteiger partial charge < -0.3 is 25.5 Å². The molecule has 10 heteroatoms. The van der Waals surface area contributed by atoms with Gasteiger partial charge in [0.15, 0.2) is 0 Å². The van der Waals surface area contributed by atoms with E-state index in [0.717, 1.165) is 30.5 Å². The van der Waals surface area contributed by atoms with Gasteiger partial charge in [-0.05, 0) is 55.4 Å². The maximum atomic E-state index is 12.0. The highest BCUT2D eigenvalue weighted by molar-refractivity contribution is 5.97. The molecule has 0 spiro atoms. The number of nitrogens with one attached hydrogen (secondary N) is 3. The summed E-state index contributed by atoms with van der Waals surface area (Å²) in [5.41, 5.74) is 3.11. The third-order valence-corrected chi connectivity index (χ3v) is 5.78. The highest BCUT2D eigenvalue weighted by Crippen LogP contribution is 2.37. The second-order valence-electron chi connectivity index (χ2n) is 8.19. The van der Waals surface area contributed by atoms with Crippen LogP contribution in [0.4, 0.5) is 17.5 Å². The summed E-state index contributed by atoms with van der Waals surface area (Å²) >= 11 is 0. The van der Waals surface area contributed by atoms with Gasteiger partial charge in [0.25, 0.3) is 11.8 Å². The molecule has 1 amide bonds. The van der Waals surface area contributed by atoms with Crippen LogP contribution in [-0.2, 0) is 6.42 Å². The molecule has 0 saturated heterocycles. The smallest absolute Gasteiger partial charge is 0.253 e. The first kappa shape index (κ1) is 20.4. The lowest BCUT2D eigenvalue weighted by molar-refractivity contribution is 0.0946. The number of rotatable bonds is 8. The van der Waals surface area contributed by atoms with Crippen molar-refractivity contribution in [1.82, 2.24) is 25.5 Å². The zero-order chi connectivity index (χ0) is 22.1. The number of nitrogens with zero attached hydrogens (tertiary/aromatic N) is 4. The topological polar surface area (TPSA) is 138 Å². The number of aliphatic hydroxyl groups excluding tert-OH is 1. The molecule has 4 N–H and O–H groups in total. The number of anilines is 3. The van der Waals surface area contributed by atoms with E-state index in [9.17, 15) is 9.90 Å². The van der Waals surface area contributed by atoms with Gasteiger partial charge in [0, 0.05) is 43.6 Å². The van der Waals surface area contributed by atoms with Crippen molar-refractivity contribution < 1.29 is 14.3 Å². The Morgan fingerprint density at radius 3 is 2.91 bits per heavy atom. The first-order valence-corrected chi connectivity index (χ1v) is 10.8. The van der Waals surface area contributed by atoms with E-state index < -0.39 is 0 Å². The summed E-state index contributed by atoms with van der Waals surface area (Å²) in [4.78, 5) is 21.1. The van der Waals surface area contributed by atoms with Crippen molar-refractivity contribution in [3.05, 3.63) is 41.4 Å². The van der Waals surface area contributed by atoms with E-state index >= 15 is 0 Å². The predicted molar refractivity (Wildman–Crippen MR) is 118 cm³/mol. The zero-order valence-corrected chi connectivity index (χ0v) is 17.8. The minimum atomic E-state index is -0.0465. The number of fused-ring (bicyclic) bond motifs is 1. The molecule has 0 bridgehead atoms. The number of aryl methyl sites for hydroxylation is 1. The maximum Gasteiger partial charge on any atom is 0.253 e. The lowest BCUT2D eigenvalue weighted by Crippen LogP contribution is -2.31. The molecule has 2 aromatic heterocycles. The van der Waals surface area contributed by atoms with Crippen LogP contribution in [0.5, 0.6) is 0 Å². The quantitative estimate of drug-likeness (QED) is 0.420. The number of aliphatic hydroxyl groups is 1. The second kappa shape index (κ2) is 8.54. The minimum Gasteiger partial charge on any atom is -0.421 e. The number of aromatic nitrogens is 4. The fourth-order valence-electron chi connectivity index (χ4n) is 3.99. The molecule has 32 heavy (non-hydrogen) atoms. The number of amides is 1. The number of carbonyl (C=O) groups excluding carboxylic acids is 1. The van der Waals surface area contributed by atoms with Crippen LogP contribution in [0.15, 0.2) is 28.8 Å². The van der Waals surface area contributed by atoms with E-state index in [0.29, 0.717) is 53.6 Å². The van der Waals surface area contributed by atoms with Crippen LogP contribution in [0.2, 0.25) is 0 Å². The van der Waals surface area contributed by atoms with Crippen LogP contribution >= 0.6 is 0 Å². The van der Waals surface area contributed by atoms with Gasteiger partial charge in [-0.3, -0.25) is 4.79 Å². The Labute approximate surface area is 184 Å². The van der Waals surface area contributed by atoms with Gasteiger partial charge in [-0.1, -0.05) is 0 Å². The highest BCUT2D eigenvalue weighted by atomic mass is 16.4. The van der Waals surface area contributed by atoms with Gasteiger partial charge in [-0.15, -0.1) is 10.2 Å². The monoisotopic (exact) mass is 435 g/mol. The van der Waals surface area contributed by atoms with Crippen LogP contribution in [0.25, 0.3) is 11.5 Å². The van der Waals surface area contributed by atoms with E-state index in [4.69, 9.17) is 9.40 Å². The summed E-state index contributed by atoms with van der Waals surface area (Å²) in [6, 6.07) is 5.71. The SMILES string of the molecule is Cc1nnc(-c2cnc(Nc3ccc4c(c3)CCNC4=O)nc2NC(CCO)C2CC2)o1. The Morgan fingerprint density at radius 1 is 1.28 bits per heavy atom. The Kier molecular flexibility index (Phi) is 5.44. The molecule has 1 aliphatic carbocycles. The van der Waals surface area contributed by atoms with E-state index in [1.54, 1.807) is 13.1 Å². The minimum absolute atomic E-state index is 0.0465. The van der Waals surface area contributed by atoms with Crippen molar-refractivity contribution in [2.45, 2.75) is 38.6 Å². The fraction of sp³-hybridized carbons (Fsp3) is 0.409. The van der Waals surface area contributed by atoms with Crippen LogP contribution < -0.4 is 16.0 Å². The Morgan fingerprint density at radius 2 is 2.16 bits per heavy atom. The summed E-state index contributed by atoms with van der Waals surface area (Å²) in [6.45, 7) is 2.46. The summed E-state index contributed by atoms with van der Waals surface area (Å²) in [6.07, 6.45) is 5.33. The van der Waals surface area contributed by atoms with E-state index in [2.05, 4.69) is 31.1 Å². The summed E-state index contributed by atoms with van der Waals surface area (Å²) < 4.78 is 5.61. The van der Waals surface area contributed by atoms with Gasteiger partial charge in [-0.25, -0.2) is 4.98 Å². The molecule has 3 heterocycles. The van der Waals surface area contributed by atoms with Gasteiger partial charge >= 0.3 is 0 Å². The zero-order valence-electron chi connectivity index (χ0n) is 17.8. The average Bonchev–Trinajstić information content (AvgIpc) is 3.54. The molecule has 0 radical (unpaired) electrons. The van der Waals surface area contributed by atoms with Crippen LogP contribution in [0.1, 0.15) is 41.1 Å². The number of carbonyl (C=O) groups is 1. The predicted octanol–water partition coefficient (Wildman–Crippen LogP) is 2.44. The van der Waals surface area contributed by atoms with Crippen molar-refractivity contribution in [3.8, 4) is 11.5 Å². The van der Waals surface area contributed by atoms with Crippen LogP contribution in [-0.4, -0.2) is 50.4 Å². The number of hydrogen-bond acceptors (Lipinski definition) is 9. The van der Waals surface area contributed by atoms with Crippen molar-refractivity contribution in [1.29, 1.82) is 0 Å². The number of benzene rings is 1. The third kappa shape index (κ3) is 4.26. The molecule has 5 rings (SSSR count). The molecule has 1 fully saturated rings.